The van der Waals surface area contributed by atoms with Gasteiger partial charge in [0.05, 0.1) is 33.2 Å². The first-order chi connectivity index (χ1) is 25.0. The summed E-state index contributed by atoms with van der Waals surface area (Å²) < 4.78 is 0. The van der Waals surface area contributed by atoms with Crippen molar-refractivity contribution in [3.8, 4) is 35.5 Å². The predicted molar refractivity (Wildman–Crippen MR) is 209 cm³/mol. The van der Waals surface area contributed by atoms with Gasteiger partial charge in [0.1, 0.15) is 0 Å². The van der Waals surface area contributed by atoms with E-state index in [1.165, 1.54) is 15.2 Å². The van der Waals surface area contributed by atoms with Gasteiger partial charge in [-0.1, -0.05) is 53.7 Å². The topological polar surface area (TPSA) is 69.4 Å². The van der Waals surface area contributed by atoms with Crippen molar-refractivity contribution in [3.63, 3.8) is 0 Å². The second-order valence-corrected chi connectivity index (χ2v) is 18.1. The third-order valence-electron chi connectivity index (χ3n) is 12.0. The summed E-state index contributed by atoms with van der Waals surface area (Å²) in [6.45, 7) is 23.5. The Morgan fingerprint density at radius 1 is 0.296 bits per heavy atom. The number of fused-ring (bicyclic) bond motifs is 3. The molecule has 7 rings (SSSR count). The molecule has 0 unspecified atom stereocenters. The molecule has 3 aliphatic rings. The van der Waals surface area contributed by atoms with Crippen LogP contribution in [0.15, 0.2) is 72.8 Å². The zero-order valence-electron chi connectivity index (χ0n) is 33.5. The fourth-order valence-corrected chi connectivity index (χ4v) is 9.01. The van der Waals surface area contributed by atoms with Gasteiger partial charge in [-0.05, 0) is 171 Å². The summed E-state index contributed by atoms with van der Waals surface area (Å²) in [5, 5.41) is 43.1. The van der Waals surface area contributed by atoms with Crippen LogP contribution in [0.5, 0.6) is 0 Å². The molecule has 6 nitrogen and oxygen atoms in total. The van der Waals surface area contributed by atoms with E-state index in [-0.39, 0.29) is 0 Å². The minimum atomic E-state index is -0.669. The molecule has 3 heterocycles. The Bertz CT molecular complexity index is 2150. The van der Waals surface area contributed by atoms with Gasteiger partial charge in [-0.25, -0.2) is 0 Å². The molecule has 54 heavy (non-hydrogen) atoms. The van der Waals surface area contributed by atoms with Gasteiger partial charge in [-0.15, -0.1) is 30.8 Å². The lowest BCUT2D eigenvalue weighted by Crippen LogP contribution is -2.41. The second kappa shape index (κ2) is 12.2. The van der Waals surface area contributed by atoms with Crippen LogP contribution in [-0.4, -0.2) is 15.2 Å². The van der Waals surface area contributed by atoms with Crippen molar-refractivity contribution in [3.05, 3.63) is 140 Å². The smallest absolute Gasteiger partial charge is 0.0699 e. The molecule has 0 N–H and O–H groups in total. The highest BCUT2D eigenvalue weighted by Gasteiger charge is 2.52. The first-order valence-corrected chi connectivity index (χ1v) is 18.6. The molecule has 3 aliphatic heterocycles. The third kappa shape index (κ3) is 5.71. The largest absolute Gasteiger partial charge is 0.135 e. The van der Waals surface area contributed by atoms with Gasteiger partial charge in [-0.3, -0.25) is 0 Å². The zero-order valence-corrected chi connectivity index (χ0v) is 33.5. The summed E-state index contributed by atoms with van der Waals surface area (Å²) in [5.74, 6) is 20.1. The van der Waals surface area contributed by atoms with E-state index < -0.39 is 33.2 Å². The van der Waals surface area contributed by atoms with E-state index in [1.807, 2.05) is 156 Å². The molecule has 273 valence electrons. The Kier molecular flexibility index (Phi) is 8.47. The molecule has 0 aliphatic carbocycles. The maximum absolute atomic E-state index is 13.2. The lowest BCUT2D eigenvalue weighted by Gasteiger charge is -2.32. The van der Waals surface area contributed by atoms with E-state index in [1.54, 1.807) is 0 Å². The Morgan fingerprint density at radius 3 is 0.741 bits per heavy atom. The van der Waals surface area contributed by atoms with Crippen LogP contribution in [0.1, 0.15) is 150 Å². The van der Waals surface area contributed by atoms with Gasteiger partial charge in [0, 0.05) is 33.4 Å². The zero-order chi connectivity index (χ0) is 39.4. The van der Waals surface area contributed by atoms with Crippen molar-refractivity contribution >= 4 is 0 Å². The van der Waals surface area contributed by atoms with Crippen molar-refractivity contribution in [1.82, 2.24) is 15.2 Å². The van der Waals surface area contributed by atoms with Crippen LogP contribution >= 0.6 is 0 Å². The normalized spacial score (nSPS) is 20.7. The molecule has 4 aromatic carbocycles. The van der Waals surface area contributed by atoms with Crippen molar-refractivity contribution in [2.45, 2.75) is 116 Å². The highest BCUT2D eigenvalue weighted by atomic mass is 16.5. The van der Waals surface area contributed by atoms with Gasteiger partial charge in [-0.2, -0.15) is 0 Å². The molecule has 0 fully saturated rings. The van der Waals surface area contributed by atoms with Crippen LogP contribution in [0, 0.1) is 35.5 Å². The Hall–Kier alpha value is -4.68. The molecule has 0 saturated carbocycles. The lowest BCUT2D eigenvalue weighted by atomic mass is 9.89. The maximum Gasteiger partial charge on any atom is 0.0699 e. The van der Waals surface area contributed by atoms with Crippen LogP contribution < -0.4 is 0 Å². The molecule has 0 aromatic heterocycles. The number of hydroxylamine groups is 6. The van der Waals surface area contributed by atoms with Crippen molar-refractivity contribution in [1.29, 1.82) is 0 Å². The molecule has 4 aromatic rings. The van der Waals surface area contributed by atoms with E-state index in [9.17, 15) is 15.6 Å². The predicted octanol–water partition coefficient (Wildman–Crippen LogP) is 9.28. The number of rotatable bonds is 0. The van der Waals surface area contributed by atoms with E-state index in [0.717, 1.165) is 66.8 Å². The van der Waals surface area contributed by atoms with E-state index in [0.29, 0.717) is 0 Å². The number of nitrogens with zero attached hydrogens (tertiary/aromatic N) is 3. The molecular weight excluding hydrogens is 667 g/mol. The van der Waals surface area contributed by atoms with Gasteiger partial charge in [0.2, 0.25) is 0 Å². The maximum atomic E-state index is 13.2. The summed E-state index contributed by atoms with van der Waals surface area (Å²) in [7, 11) is 0. The van der Waals surface area contributed by atoms with Crippen molar-refractivity contribution in [2.24, 2.45) is 0 Å². The first kappa shape index (κ1) is 37.6. The average Bonchev–Trinajstić information content (AvgIpc) is 3.42. The van der Waals surface area contributed by atoms with Gasteiger partial charge in [0.25, 0.3) is 0 Å². The molecule has 0 saturated heterocycles. The highest BCUT2D eigenvalue weighted by Crippen LogP contribution is 2.50. The minimum Gasteiger partial charge on any atom is -0.135 e. The average molecular weight is 715 g/mol. The highest BCUT2D eigenvalue weighted by molar-refractivity contribution is 5.58. The summed E-state index contributed by atoms with van der Waals surface area (Å²) in [4.78, 5) is 0. The Balaban J connectivity index is 1.29. The van der Waals surface area contributed by atoms with E-state index in [2.05, 4.69) is 35.5 Å². The van der Waals surface area contributed by atoms with Gasteiger partial charge in [0.15, 0.2) is 0 Å². The first-order valence-electron chi connectivity index (χ1n) is 18.6. The van der Waals surface area contributed by atoms with Crippen LogP contribution in [0.4, 0.5) is 0 Å². The van der Waals surface area contributed by atoms with Crippen LogP contribution in [-0.2, 0) is 48.9 Å². The monoisotopic (exact) mass is 714 g/mol. The molecular formula is C48H48N3O3. The van der Waals surface area contributed by atoms with Gasteiger partial charge < -0.3 is 0 Å². The SMILES string of the molecule is CC1(C)c2ccc(C#Cc3cc(C#Cc4ccc5c(c4)C(C)(C)N([O])C5(C)C)cc(C#Cc4ccc5c(c4)C(C)(C)N([O])C5(C)C)c3)cc2C(C)(C)N1[O]. The minimum absolute atomic E-state index is 0.621. The number of benzene rings is 4. The fraction of sp³-hybridized carbons (Fsp3) is 0.375. The van der Waals surface area contributed by atoms with Gasteiger partial charge >= 0.3 is 0 Å². The van der Waals surface area contributed by atoms with Crippen molar-refractivity contribution < 1.29 is 15.6 Å². The molecule has 6 heteroatoms. The molecule has 0 amide bonds. The number of hydrogen-bond acceptors (Lipinski definition) is 3. The Labute approximate surface area is 321 Å². The molecule has 0 bridgehead atoms. The third-order valence-corrected chi connectivity index (χ3v) is 12.0. The summed E-state index contributed by atoms with van der Waals surface area (Å²) in [6, 6.07) is 24.0. The van der Waals surface area contributed by atoms with Crippen LogP contribution in [0.2, 0.25) is 0 Å². The van der Waals surface area contributed by atoms with E-state index >= 15 is 0 Å². The summed E-state index contributed by atoms with van der Waals surface area (Å²) in [5.41, 5.74) is 6.90. The summed E-state index contributed by atoms with van der Waals surface area (Å²) >= 11 is 0. The standard InChI is InChI=1S/C48H48N3O3/c1-43(2)37-22-19-31(28-40(37)46(7,8)49(43)52)13-16-34-25-35(17-14-32-20-23-38-41(29-32)47(9,10)50(53)44(38,3)4)27-36(26-34)18-15-33-21-24-39-42(30-33)48(11,12)51(54)45(39,5)6/h19-30H,1-12H3. The Morgan fingerprint density at radius 2 is 0.500 bits per heavy atom. The van der Waals surface area contributed by atoms with Crippen molar-refractivity contribution in [2.75, 3.05) is 0 Å². The second-order valence-electron chi connectivity index (χ2n) is 18.1. The van der Waals surface area contributed by atoms with Crippen LogP contribution in [0.3, 0.4) is 0 Å². The van der Waals surface area contributed by atoms with Crippen LogP contribution in [0.25, 0.3) is 0 Å². The van der Waals surface area contributed by atoms with E-state index in [4.69, 9.17) is 0 Å². The lowest BCUT2D eigenvalue weighted by molar-refractivity contribution is -0.266. The quantitative estimate of drug-likeness (QED) is 0.171. The molecule has 3 radical (unpaired) electrons. The summed E-state index contributed by atoms with van der Waals surface area (Å²) in [6.07, 6.45) is 0. The number of hydrogen-bond donors (Lipinski definition) is 0. The fourth-order valence-electron chi connectivity index (χ4n) is 9.01. The molecule has 0 spiro atoms. The molecule has 0 atom stereocenters.